The predicted molar refractivity (Wildman–Crippen MR) is 125 cm³/mol. The molecule has 0 bridgehead atoms. The van der Waals surface area contributed by atoms with Crippen molar-refractivity contribution in [2.24, 2.45) is 0 Å². The molecule has 3 N–H and O–H groups in total. The first kappa shape index (κ1) is 21.8. The number of nitrogens with zero attached hydrogens (tertiary/aromatic N) is 2. The first-order valence-electron chi connectivity index (χ1n) is 9.95. The summed E-state index contributed by atoms with van der Waals surface area (Å²) in [4.78, 5) is 25.2. The summed E-state index contributed by atoms with van der Waals surface area (Å²) in [5.74, 6) is -0.127. The van der Waals surface area contributed by atoms with Crippen molar-refractivity contribution < 1.29 is 14.3 Å². The molecule has 0 fully saturated rings. The molecule has 0 spiro atoms. The Morgan fingerprint density at radius 1 is 1.12 bits per heavy atom. The van der Waals surface area contributed by atoms with Gasteiger partial charge in [0.2, 0.25) is 5.13 Å². The van der Waals surface area contributed by atoms with Crippen LogP contribution in [0.5, 0.6) is 0 Å². The average molecular weight is 468 g/mol. The van der Waals surface area contributed by atoms with Gasteiger partial charge < -0.3 is 20.7 Å². The molecule has 0 radical (unpaired) electrons. The van der Waals surface area contributed by atoms with Gasteiger partial charge >= 0.3 is 12.0 Å². The normalized spacial score (nSPS) is 15.7. The Hall–Kier alpha value is -3.37. The number of nitrogens with one attached hydrogen (secondary N) is 3. The maximum atomic E-state index is 12.8. The fourth-order valence-electron chi connectivity index (χ4n) is 3.17. The van der Waals surface area contributed by atoms with Crippen LogP contribution >= 0.6 is 23.1 Å². The molecule has 0 aliphatic carbocycles. The molecule has 1 unspecified atom stereocenters. The smallest absolute Gasteiger partial charge is 0.338 e. The number of aromatic nitrogens is 2. The highest BCUT2D eigenvalue weighted by molar-refractivity contribution is 8.01. The first-order chi connectivity index (χ1) is 15.6. The van der Waals surface area contributed by atoms with E-state index in [0.29, 0.717) is 26.5 Å². The molecular weight excluding hydrogens is 446 g/mol. The second-order valence-electron chi connectivity index (χ2n) is 6.71. The third-order valence-corrected chi connectivity index (χ3v) is 6.55. The molecule has 1 aliphatic rings. The lowest BCUT2D eigenvalue weighted by Crippen LogP contribution is -2.46. The monoisotopic (exact) mass is 467 g/mol. The van der Waals surface area contributed by atoms with Crippen molar-refractivity contribution in [1.29, 1.82) is 0 Å². The van der Waals surface area contributed by atoms with Crippen LogP contribution in [0.2, 0.25) is 0 Å². The fourth-order valence-corrected chi connectivity index (χ4v) is 4.92. The number of hydrogen-bond donors (Lipinski definition) is 3. The average Bonchev–Trinajstić information content (AvgIpc) is 3.26. The molecule has 4 rings (SSSR count). The Labute approximate surface area is 193 Å². The van der Waals surface area contributed by atoms with E-state index in [1.54, 1.807) is 6.92 Å². The van der Waals surface area contributed by atoms with Gasteiger partial charge in [-0.25, -0.2) is 9.59 Å². The van der Waals surface area contributed by atoms with Crippen LogP contribution in [-0.4, -0.2) is 34.6 Å². The summed E-state index contributed by atoms with van der Waals surface area (Å²) in [5.41, 5.74) is 2.61. The quantitative estimate of drug-likeness (QED) is 0.336. The summed E-state index contributed by atoms with van der Waals surface area (Å²) >= 11 is 2.79. The van der Waals surface area contributed by atoms with Crippen molar-refractivity contribution >= 4 is 45.9 Å². The molecule has 0 saturated heterocycles. The number of esters is 1. The summed E-state index contributed by atoms with van der Waals surface area (Å²) in [5, 5.41) is 17.8. The molecule has 1 atom stereocenters. The number of rotatable bonds is 8. The molecule has 1 aliphatic heterocycles. The van der Waals surface area contributed by atoms with Gasteiger partial charge in [-0.1, -0.05) is 71.6 Å². The number of anilines is 2. The lowest BCUT2D eigenvalue weighted by molar-refractivity contribution is -0.139. The van der Waals surface area contributed by atoms with E-state index < -0.39 is 12.0 Å². The fraction of sp³-hybridized carbons (Fsp3) is 0.182. The molecule has 0 saturated carbocycles. The van der Waals surface area contributed by atoms with Gasteiger partial charge in [0, 0.05) is 17.1 Å². The Kier molecular flexibility index (Phi) is 7.03. The van der Waals surface area contributed by atoms with Gasteiger partial charge in [-0.15, -0.1) is 10.2 Å². The maximum absolute atomic E-state index is 12.8. The lowest BCUT2D eigenvalue weighted by Gasteiger charge is -2.29. The standard InChI is InChI=1S/C22H21N5O3S2/c1-2-30-19(28)17-16(24-20(29)25-18(17)14-9-5-3-6-10-14)13-31-22-27-26-21(32-22)23-15-11-7-4-8-12-15/h3-12,18H,2,13H2,1H3,(H,23,26)(H2,24,25,29). The van der Waals surface area contributed by atoms with E-state index in [2.05, 4.69) is 26.1 Å². The summed E-state index contributed by atoms with van der Waals surface area (Å²) in [6, 6.07) is 18.1. The van der Waals surface area contributed by atoms with Gasteiger partial charge in [-0.05, 0) is 24.6 Å². The number of para-hydroxylation sites is 1. The maximum Gasteiger partial charge on any atom is 0.338 e. The molecule has 3 aromatic rings. The van der Waals surface area contributed by atoms with E-state index in [-0.39, 0.29) is 12.6 Å². The van der Waals surface area contributed by atoms with Gasteiger partial charge in [0.15, 0.2) is 4.34 Å². The Morgan fingerprint density at radius 3 is 2.56 bits per heavy atom. The number of urea groups is 1. The Morgan fingerprint density at radius 2 is 1.84 bits per heavy atom. The summed E-state index contributed by atoms with van der Waals surface area (Å²) in [6.07, 6.45) is 0. The predicted octanol–water partition coefficient (Wildman–Crippen LogP) is 4.25. The zero-order chi connectivity index (χ0) is 22.3. The molecule has 2 aromatic carbocycles. The second-order valence-corrected chi connectivity index (χ2v) is 8.91. The summed E-state index contributed by atoms with van der Waals surface area (Å²) in [7, 11) is 0. The van der Waals surface area contributed by atoms with Crippen LogP contribution < -0.4 is 16.0 Å². The second kappa shape index (κ2) is 10.3. The highest BCUT2D eigenvalue weighted by Gasteiger charge is 2.33. The van der Waals surface area contributed by atoms with Crippen molar-refractivity contribution in [3.63, 3.8) is 0 Å². The summed E-state index contributed by atoms with van der Waals surface area (Å²) < 4.78 is 6.00. The lowest BCUT2D eigenvalue weighted by atomic mass is 9.95. The van der Waals surface area contributed by atoms with Crippen molar-refractivity contribution in [1.82, 2.24) is 20.8 Å². The van der Waals surface area contributed by atoms with E-state index in [1.165, 1.54) is 23.1 Å². The molecule has 2 amide bonds. The van der Waals surface area contributed by atoms with E-state index in [0.717, 1.165) is 11.3 Å². The summed E-state index contributed by atoms with van der Waals surface area (Å²) in [6.45, 7) is 1.99. The van der Waals surface area contributed by atoms with Gasteiger partial charge in [-0.3, -0.25) is 0 Å². The Balaban J connectivity index is 1.55. The van der Waals surface area contributed by atoms with Crippen LogP contribution in [0.4, 0.5) is 15.6 Å². The minimum absolute atomic E-state index is 0.239. The SMILES string of the molecule is CCOC(=O)C1=C(CSc2nnc(Nc3ccccc3)s2)NC(=O)NC1c1ccccc1. The molecule has 32 heavy (non-hydrogen) atoms. The number of thioether (sulfide) groups is 1. The van der Waals surface area contributed by atoms with E-state index in [4.69, 9.17) is 4.74 Å². The van der Waals surface area contributed by atoms with Crippen LogP contribution in [0.25, 0.3) is 0 Å². The van der Waals surface area contributed by atoms with Crippen LogP contribution in [0, 0.1) is 0 Å². The van der Waals surface area contributed by atoms with Crippen LogP contribution in [0.15, 0.2) is 76.3 Å². The number of amides is 2. The number of hydrogen-bond acceptors (Lipinski definition) is 8. The largest absolute Gasteiger partial charge is 0.463 e. The molecule has 2 heterocycles. The van der Waals surface area contributed by atoms with Gasteiger partial charge in [0.05, 0.1) is 18.2 Å². The third-order valence-electron chi connectivity index (χ3n) is 4.55. The minimum atomic E-state index is -0.593. The first-order valence-corrected chi connectivity index (χ1v) is 11.7. The molecule has 10 heteroatoms. The Bertz CT molecular complexity index is 1120. The van der Waals surface area contributed by atoms with E-state index in [1.807, 2.05) is 60.7 Å². The van der Waals surface area contributed by atoms with Crippen molar-refractivity contribution in [2.45, 2.75) is 17.3 Å². The van der Waals surface area contributed by atoms with Gasteiger partial charge in [0.25, 0.3) is 0 Å². The van der Waals surface area contributed by atoms with Crippen LogP contribution in [-0.2, 0) is 9.53 Å². The van der Waals surface area contributed by atoms with Crippen molar-refractivity contribution in [3.8, 4) is 0 Å². The number of ether oxygens (including phenoxy) is 1. The third kappa shape index (κ3) is 5.27. The molecule has 164 valence electrons. The van der Waals surface area contributed by atoms with Gasteiger partial charge in [-0.2, -0.15) is 0 Å². The van der Waals surface area contributed by atoms with E-state index >= 15 is 0 Å². The van der Waals surface area contributed by atoms with E-state index in [9.17, 15) is 9.59 Å². The minimum Gasteiger partial charge on any atom is -0.463 e. The van der Waals surface area contributed by atoms with Gasteiger partial charge in [0.1, 0.15) is 0 Å². The molecule has 1 aromatic heterocycles. The molecular formula is C22H21N5O3S2. The zero-order valence-electron chi connectivity index (χ0n) is 17.2. The highest BCUT2D eigenvalue weighted by Crippen LogP contribution is 2.33. The number of benzene rings is 2. The number of carbonyl (C=O) groups excluding carboxylic acids is 2. The van der Waals surface area contributed by atoms with Crippen LogP contribution in [0.3, 0.4) is 0 Å². The molecule has 8 nitrogen and oxygen atoms in total. The topological polar surface area (TPSA) is 105 Å². The van der Waals surface area contributed by atoms with Crippen molar-refractivity contribution in [3.05, 3.63) is 77.5 Å². The van der Waals surface area contributed by atoms with Crippen molar-refractivity contribution in [2.75, 3.05) is 17.7 Å². The zero-order valence-corrected chi connectivity index (χ0v) is 18.8. The highest BCUT2D eigenvalue weighted by atomic mass is 32.2. The van der Waals surface area contributed by atoms with Crippen LogP contribution in [0.1, 0.15) is 18.5 Å². The number of carbonyl (C=O) groups is 2.